The molecule has 2 rings (SSSR count). The van der Waals surface area contributed by atoms with E-state index >= 15 is 0 Å². The third kappa shape index (κ3) is 4.89. The first-order valence-corrected chi connectivity index (χ1v) is 8.25. The van der Waals surface area contributed by atoms with Crippen LogP contribution in [0.2, 0.25) is 0 Å². The minimum Gasteiger partial charge on any atom is -0.477 e. The van der Waals surface area contributed by atoms with Gasteiger partial charge < -0.3 is 14.0 Å². The van der Waals surface area contributed by atoms with E-state index in [-0.39, 0.29) is 18.6 Å². The molecule has 23 heavy (non-hydrogen) atoms. The molecule has 9 heteroatoms. The van der Waals surface area contributed by atoms with Crippen LogP contribution in [-0.4, -0.2) is 33.6 Å². The van der Waals surface area contributed by atoms with Crippen molar-refractivity contribution in [1.29, 1.82) is 0 Å². The van der Waals surface area contributed by atoms with Crippen molar-refractivity contribution in [2.24, 2.45) is 5.92 Å². The number of methoxy groups -OCH3 is 1. The molecule has 1 N–H and O–H groups in total. The first kappa shape index (κ1) is 18.2. The van der Waals surface area contributed by atoms with Crippen LogP contribution in [0.15, 0.2) is 17.2 Å². The van der Waals surface area contributed by atoms with E-state index in [1.807, 2.05) is 0 Å². The van der Waals surface area contributed by atoms with E-state index in [4.69, 9.17) is 14.0 Å². The number of hydrogen-bond donors (Lipinski definition) is 1. The van der Waals surface area contributed by atoms with Crippen molar-refractivity contribution in [1.82, 2.24) is 4.98 Å². The summed E-state index contributed by atoms with van der Waals surface area (Å²) in [4.78, 5) is 3.15. The van der Waals surface area contributed by atoms with Crippen molar-refractivity contribution in [3.05, 3.63) is 17.8 Å². The maximum atomic E-state index is 13.0. The Balaban J connectivity index is 2.06. The summed E-state index contributed by atoms with van der Waals surface area (Å²) in [6, 6.07) is 0.597. The maximum Gasteiger partial charge on any atom is 0.421 e. The highest BCUT2D eigenvalue weighted by molar-refractivity contribution is 7.79. The van der Waals surface area contributed by atoms with Crippen LogP contribution < -0.4 is 4.74 Å². The molecule has 5 nitrogen and oxygen atoms in total. The quantitative estimate of drug-likeness (QED) is 0.823. The number of pyridine rings is 1. The monoisotopic (exact) mass is 353 g/mol. The Kier molecular flexibility index (Phi) is 5.99. The summed E-state index contributed by atoms with van der Waals surface area (Å²) in [7, 11) is 1.65. The molecule has 0 amide bonds. The van der Waals surface area contributed by atoms with Gasteiger partial charge in [0.2, 0.25) is 5.88 Å². The zero-order chi connectivity index (χ0) is 17.0. The lowest BCUT2D eigenvalue weighted by Gasteiger charge is -2.27. The predicted molar refractivity (Wildman–Crippen MR) is 76.5 cm³/mol. The fourth-order valence-electron chi connectivity index (χ4n) is 2.58. The van der Waals surface area contributed by atoms with E-state index in [2.05, 4.69) is 4.98 Å². The molecule has 130 valence electrons. The van der Waals surface area contributed by atoms with E-state index in [0.29, 0.717) is 6.07 Å². The van der Waals surface area contributed by atoms with E-state index in [0.717, 1.165) is 31.9 Å². The van der Waals surface area contributed by atoms with Gasteiger partial charge in [-0.1, -0.05) is 0 Å². The van der Waals surface area contributed by atoms with Gasteiger partial charge in [0.05, 0.1) is 17.6 Å². The highest BCUT2D eigenvalue weighted by Gasteiger charge is 2.36. The van der Waals surface area contributed by atoms with Crippen LogP contribution in [-0.2, 0) is 22.0 Å². The Hall–Kier alpha value is -1.19. The van der Waals surface area contributed by atoms with Crippen molar-refractivity contribution in [3.63, 3.8) is 0 Å². The number of hydrogen-bond acceptors (Lipinski definition) is 4. The lowest BCUT2D eigenvalue weighted by Crippen LogP contribution is -2.24. The van der Waals surface area contributed by atoms with Crippen molar-refractivity contribution < 1.29 is 31.4 Å². The predicted octanol–water partition coefficient (Wildman–Crippen LogP) is 3.27. The molecule has 0 saturated heterocycles. The SMILES string of the molecule is COC1CCC(COc2ncc(S(=O)O)cc2C(F)(F)F)CC1. The molecule has 0 spiro atoms. The Labute approximate surface area is 134 Å². The topological polar surface area (TPSA) is 68.7 Å². The summed E-state index contributed by atoms with van der Waals surface area (Å²) >= 11 is -2.53. The second-order valence-corrected chi connectivity index (χ2v) is 6.43. The minimum absolute atomic E-state index is 0.133. The summed E-state index contributed by atoms with van der Waals surface area (Å²) < 4.78 is 69.4. The van der Waals surface area contributed by atoms with Gasteiger partial charge >= 0.3 is 6.18 Å². The molecule has 1 aromatic rings. The maximum absolute atomic E-state index is 13.0. The van der Waals surface area contributed by atoms with E-state index in [9.17, 15) is 17.4 Å². The van der Waals surface area contributed by atoms with E-state index in [1.54, 1.807) is 7.11 Å². The fraction of sp³-hybridized carbons (Fsp3) is 0.643. The molecule has 0 radical (unpaired) electrons. The van der Waals surface area contributed by atoms with Gasteiger partial charge in [-0.2, -0.15) is 13.2 Å². The second kappa shape index (κ2) is 7.59. The van der Waals surface area contributed by atoms with Gasteiger partial charge in [-0.3, -0.25) is 0 Å². The number of halogens is 3. The van der Waals surface area contributed by atoms with Crippen LogP contribution in [0.4, 0.5) is 13.2 Å². The largest absolute Gasteiger partial charge is 0.477 e. The van der Waals surface area contributed by atoms with Crippen LogP contribution in [0, 0.1) is 5.92 Å². The second-order valence-electron chi connectivity index (χ2n) is 5.46. The lowest BCUT2D eigenvalue weighted by molar-refractivity contribution is -0.139. The number of nitrogens with zero attached hydrogens (tertiary/aromatic N) is 1. The highest BCUT2D eigenvalue weighted by Crippen LogP contribution is 2.36. The zero-order valence-corrected chi connectivity index (χ0v) is 13.3. The average molecular weight is 353 g/mol. The van der Waals surface area contributed by atoms with Crippen molar-refractivity contribution in [2.45, 2.75) is 42.9 Å². The van der Waals surface area contributed by atoms with Crippen molar-refractivity contribution in [3.8, 4) is 5.88 Å². The normalized spacial score (nSPS) is 23.5. The standard InChI is InChI=1S/C14H18F3NO4S/c1-21-10-4-2-9(3-5-10)8-22-13-12(14(15,16)17)6-11(7-18-13)23(19)20/h6-7,9-10H,2-5,8H2,1H3,(H,19,20). The Morgan fingerprint density at radius 1 is 1.35 bits per heavy atom. The summed E-state index contributed by atoms with van der Waals surface area (Å²) in [5.41, 5.74) is -1.14. The third-order valence-corrected chi connectivity index (χ3v) is 4.54. The van der Waals surface area contributed by atoms with Gasteiger partial charge in [0.15, 0.2) is 11.1 Å². The molecule has 1 saturated carbocycles. The zero-order valence-electron chi connectivity index (χ0n) is 12.5. The highest BCUT2D eigenvalue weighted by atomic mass is 32.2. The van der Waals surface area contributed by atoms with Crippen molar-refractivity contribution >= 4 is 11.1 Å². The number of aromatic nitrogens is 1. The van der Waals surface area contributed by atoms with E-state index < -0.39 is 33.6 Å². The van der Waals surface area contributed by atoms with Crippen LogP contribution in [0.25, 0.3) is 0 Å². The lowest BCUT2D eigenvalue weighted by atomic mass is 9.88. The molecule has 1 aliphatic carbocycles. The van der Waals surface area contributed by atoms with Crippen LogP contribution in [0.5, 0.6) is 5.88 Å². The Morgan fingerprint density at radius 2 is 2.00 bits per heavy atom. The summed E-state index contributed by atoms with van der Waals surface area (Å²) in [5, 5.41) is 0. The average Bonchev–Trinajstić information content (AvgIpc) is 2.52. The van der Waals surface area contributed by atoms with E-state index in [1.165, 1.54) is 0 Å². The van der Waals surface area contributed by atoms with Crippen LogP contribution >= 0.6 is 0 Å². The summed E-state index contributed by atoms with van der Waals surface area (Å²) in [5.74, 6) is -0.406. The molecule has 0 bridgehead atoms. The molecular formula is C14H18F3NO4S. The molecule has 1 atom stereocenters. The van der Waals surface area contributed by atoms with Gasteiger partial charge in [-0.05, 0) is 37.7 Å². The molecule has 1 fully saturated rings. The smallest absolute Gasteiger partial charge is 0.421 e. The molecule has 1 aliphatic rings. The van der Waals surface area contributed by atoms with Gasteiger partial charge in [0, 0.05) is 13.3 Å². The van der Waals surface area contributed by atoms with Gasteiger partial charge in [-0.25, -0.2) is 9.19 Å². The first-order valence-electron chi connectivity index (χ1n) is 7.15. The molecule has 1 unspecified atom stereocenters. The number of ether oxygens (including phenoxy) is 2. The summed E-state index contributed by atoms with van der Waals surface area (Å²) in [6.45, 7) is 0.133. The van der Waals surface area contributed by atoms with Crippen LogP contribution in [0.3, 0.4) is 0 Å². The fourth-order valence-corrected chi connectivity index (χ4v) is 2.94. The first-order chi connectivity index (χ1) is 10.8. The third-order valence-electron chi connectivity index (χ3n) is 3.92. The Morgan fingerprint density at radius 3 is 2.52 bits per heavy atom. The molecule has 0 aliphatic heterocycles. The van der Waals surface area contributed by atoms with Gasteiger partial charge in [0.25, 0.3) is 0 Å². The minimum atomic E-state index is -4.70. The van der Waals surface area contributed by atoms with Crippen molar-refractivity contribution in [2.75, 3.05) is 13.7 Å². The number of alkyl halides is 3. The van der Waals surface area contributed by atoms with Crippen LogP contribution in [0.1, 0.15) is 31.2 Å². The molecule has 1 aromatic heterocycles. The number of rotatable bonds is 5. The Bertz CT molecular complexity index is 559. The van der Waals surface area contributed by atoms with Gasteiger partial charge in [0.1, 0.15) is 5.56 Å². The molecular weight excluding hydrogens is 335 g/mol. The summed E-state index contributed by atoms with van der Waals surface area (Å²) in [6.07, 6.45) is -0.238. The van der Waals surface area contributed by atoms with Gasteiger partial charge in [-0.15, -0.1) is 0 Å². The molecule has 1 heterocycles. The molecule has 0 aromatic carbocycles.